The van der Waals surface area contributed by atoms with Crippen LogP contribution in [0, 0.1) is 0 Å². The third-order valence-corrected chi connectivity index (χ3v) is 8.92. The van der Waals surface area contributed by atoms with Crippen LogP contribution in [0.1, 0.15) is 66.2 Å². The average molecular weight is 371 g/mol. The molecule has 0 aromatic carbocycles. The van der Waals surface area contributed by atoms with E-state index in [1.807, 2.05) is 20.8 Å². The molecule has 0 saturated heterocycles. The lowest BCUT2D eigenvalue weighted by Gasteiger charge is -2.35. The lowest BCUT2D eigenvalue weighted by Crippen LogP contribution is -2.50. The van der Waals surface area contributed by atoms with E-state index < -0.39 is 8.80 Å². The Kier molecular flexibility index (Phi) is 8.76. The molecule has 0 amide bonds. The minimum Gasteiger partial charge on any atom is -0.374 e. The molecule has 25 heavy (non-hydrogen) atoms. The summed E-state index contributed by atoms with van der Waals surface area (Å²) >= 11 is 0. The van der Waals surface area contributed by atoms with Gasteiger partial charge in [0.05, 0.1) is 6.67 Å². The summed E-state index contributed by atoms with van der Waals surface area (Å²) in [6.07, 6.45) is 12.5. The first-order valence-corrected chi connectivity index (χ1v) is 12.0. The maximum absolute atomic E-state index is 6.05. The largest absolute Gasteiger partial charge is 0.503 e. The molecule has 5 nitrogen and oxygen atoms in total. The van der Waals surface area contributed by atoms with Gasteiger partial charge in [-0.15, -0.1) is 0 Å². The van der Waals surface area contributed by atoms with Gasteiger partial charge < -0.3 is 23.1 Å². The van der Waals surface area contributed by atoms with E-state index in [2.05, 4.69) is 29.1 Å². The monoisotopic (exact) mass is 370 g/mol. The maximum Gasteiger partial charge on any atom is 0.503 e. The van der Waals surface area contributed by atoms with Crippen molar-refractivity contribution < 1.29 is 13.3 Å². The lowest BCUT2D eigenvalue weighted by molar-refractivity contribution is 0.0603. The van der Waals surface area contributed by atoms with E-state index in [1.165, 1.54) is 32.1 Å². The van der Waals surface area contributed by atoms with E-state index in [0.717, 1.165) is 25.7 Å². The Bertz CT molecular complexity index is 385. The Hall–Kier alpha value is -0.563. The molecule has 0 radical (unpaired) electrons. The number of hydrogen-bond acceptors (Lipinski definition) is 5. The van der Waals surface area contributed by atoms with Gasteiger partial charge in [-0.1, -0.05) is 26.2 Å². The van der Waals surface area contributed by atoms with Gasteiger partial charge in [0.15, 0.2) is 0 Å². The van der Waals surface area contributed by atoms with Crippen molar-refractivity contribution in [2.75, 3.05) is 33.0 Å². The van der Waals surface area contributed by atoms with Crippen molar-refractivity contribution in [1.29, 1.82) is 0 Å². The van der Waals surface area contributed by atoms with Crippen molar-refractivity contribution in [2.24, 2.45) is 0 Å². The first-order chi connectivity index (χ1) is 12.1. The van der Waals surface area contributed by atoms with E-state index in [-0.39, 0.29) is 0 Å². The van der Waals surface area contributed by atoms with E-state index in [4.69, 9.17) is 13.3 Å². The Morgan fingerprint density at radius 2 is 1.56 bits per heavy atom. The first kappa shape index (κ1) is 20.7. The number of rotatable bonds is 11. The topological polar surface area (TPSA) is 34.2 Å². The Balaban J connectivity index is 1.83. The molecular formula is C19H38N2O3Si. The summed E-state index contributed by atoms with van der Waals surface area (Å²) in [5.41, 5.74) is 0.310. The van der Waals surface area contributed by atoms with Crippen LogP contribution in [0.25, 0.3) is 0 Å². The van der Waals surface area contributed by atoms with Crippen LogP contribution in [0.3, 0.4) is 0 Å². The molecule has 0 aromatic rings. The molecule has 1 aliphatic heterocycles. The van der Waals surface area contributed by atoms with Gasteiger partial charge in [0, 0.05) is 50.3 Å². The van der Waals surface area contributed by atoms with Gasteiger partial charge >= 0.3 is 8.80 Å². The molecule has 2 rings (SSSR count). The zero-order chi connectivity index (χ0) is 18.1. The highest BCUT2D eigenvalue weighted by Crippen LogP contribution is 2.30. The van der Waals surface area contributed by atoms with Crippen molar-refractivity contribution in [3.05, 3.63) is 12.4 Å². The molecule has 1 atom stereocenters. The van der Waals surface area contributed by atoms with Crippen molar-refractivity contribution in [1.82, 2.24) is 9.80 Å². The van der Waals surface area contributed by atoms with Gasteiger partial charge in [-0.2, -0.15) is 0 Å². The van der Waals surface area contributed by atoms with Crippen molar-refractivity contribution >= 4 is 8.80 Å². The second kappa shape index (κ2) is 10.6. The van der Waals surface area contributed by atoms with Crippen molar-refractivity contribution in [3.63, 3.8) is 0 Å². The van der Waals surface area contributed by atoms with E-state index >= 15 is 0 Å². The van der Waals surface area contributed by atoms with E-state index in [0.29, 0.717) is 25.4 Å². The van der Waals surface area contributed by atoms with Crippen LogP contribution in [0.5, 0.6) is 0 Å². The molecule has 1 saturated carbocycles. The predicted octanol–water partition coefficient (Wildman–Crippen LogP) is 4.19. The van der Waals surface area contributed by atoms with Gasteiger partial charge in [0.25, 0.3) is 0 Å². The van der Waals surface area contributed by atoms with Crippen LogP contribution in [0.2, 0.25) is 5.54 Å². The summed E-state index contributed by atoms with van der Waals surface area (Å²) in [5, 5.41) is 0. The van der Waals surface area contributed by atoms with Crippen LogP contribution < -0.4 is 0 Å². The molecule has 1 fully saturated rings. The Morgan fingerprint density at radius 1 is 0.960 bits per heavy atom. The predicted molar refractivity (Wildman–Crippen MR) is 104 cm³/mol. The molecule has 6 heteroatoms. The zero-order valence-corrected chi connectivity index (χ0v) is 17.7. The van der Waals surface area contributed by atoms with Crippen LogP contribution >= 0.6 is 0 Å². The Labute approximate surface area is 155 Å². The molecule has 2 aliphatic rings. The van der Waals surface area contributed by atoms with E-state index in [1.54, 1.807) is 0 Å². The van der Waals surface area contributed by atoms with Gasteiger partial charge in [-0.25, -0.2) is 0 Å². The van der Waals surface area contributed by atoms with Gasteiger partial charge in [0.2, 0.25) is 0 Å². The summed E-state index contributed by atoms with van der Waals surface area (Å²) in [7, 11) is -2.58. The maximum atomic E-state index is 6.05. The summed E-state index contributed by atoms with van der Waals surface area (Å²) in [4.78, 5) is 4.95. The second-order valence-corrected chi connectivity index (χ2v) is 10.2. The highest BCUT2D eigenvalue weighted by atomic mass is 28.4. The Morgan fingerprint density at radius 3 is 2.12 bits per heavy atom. The van der Waals surface area contributed by atoms with Gasteiger partial charge in [0.1, 0.15) is 0 Å². The normalized spacial score (nSPS) is 20.5. The van der Waals surface area contributed by atoms with E-state index in [9.17, 15) is 0 Å². The third-order valence-electron chi connectivity index (χ3n) is 5.35. The van der Waals surface area contributed by atoms with Gasteiger partial charge in [-0.05, 0) is 40.0 Å². The summed E-state index contributed by atoms with van der Waals surface area (Å²) in [6.45, 7) is 12.3. The number of hydrogen-bond donors (Lipinski definition) is 0. The van der Waals surface area contributed by atoms with Crippen LogP contribution in [0.15, 0.2) is 12.4 Å². The fourth-order valence-electron chi connectivity index (χ4n) is 3.97. The SMILES string of the molecule is CCO[Si](OCC)(OCC)C(C)CCN1C=CN(C2CCCCC2)C1. The zero-order valence-electron chi connectivity index (χ0n) is 16.7. The molecule has 1 aliphatic carbocycles. The molecule has 1 heterocycles. The minimum absolute atomic E-state index is 0.310. The van der Waals surface area contributed by atoms with Crippen LogP contribution in [-0.4, -0.2) is 57.7 Å². The molecule has 0 spiro atoms. The molecule has 1 unspecified atom stereocenters. The molecule has 0 bridgehead atoms. The number of nitrogens with zero attached hydrogens (tertiary/aromatic N) is 2. The highest BCUT2D eigenvalue weighted by molar-refractivity contribution is 6.62. The fraction of sp³-hybridized carbons (Fsp3) is 0.895. The molecule has 0 N–H and O–H groups in total. The second-order valence-electron chi connectivity index (χ2n) is 7.15. The standard InChI is InChI=1S/C19H38N2O3Si/c1-5-22-25(23-6-2,24-7-3)18(4)13-14-20-15-16-21(17-20)19-11-9-8-10-12-19/h15-16,18-19H,5-14,17H2,1-4H3. The fourth-order valence-corrected chi connectivity index (χ4v) is 6.76. The average Bonchev–Trinajstić information content (AvgIpc) is 3.10. The molecule has 0 aromatic heterocycles. The first-order valence-electron chi connectivity index (χ1n) is 10.2. The minimum atomic E-state index is -2.58. The van der Waals surface area contributed by atoms with Crippen LogP contribution in [-0.2, 0) is 13.3 Å². The molecular weight excluding hydrogens is 332 g/mol. The summed E-state index contributed by atoms with van der Waals surface area (Å²) in [5.74, 6) is 0. The van der Waals surface area contributed by atoms with Crippen molar-refractivity contribution in [3.8, 4) is 0 Å². The summed E-state index contributed by atoms with van der Waals surface area (Å²) in [6, 6.07) is 0.746. The smallest absolute Gasteiger partial charge is 0.374 e. The van der Waals surface area contributed by atoms with Gasteiger partial charge in [-0.3, -0.25) is 0 Å². The summed E-state index contributed by atoms with van der Waals surface area (Å²) < 4.78 is 18.2. The highest BCUT2D eigenvalue weighted by Gasteiger charge is 2.46. The molecule has 146 valence electrons. The lowest BCUT2D eigenvalue weighted by atomic mass is 9.95. The van der Waals surface area contributed by atoms with Crippen molar-refractivity contribution in [2.45, 2.75) is 77.8 Å². The van der Waals surface area contributed by atoms with Crippen LogP contribution in [0.4, 0.5) is 0 Å². The quantitative estimate of drug-likeness (QED) is 0.509. The third kappa shape index (κ3) is 5.71.